The van der Waals surface area contributed by atoms with Gasteiger partial charge in [0.05, 0.1) is 5.69 Å². The van der Waals surface area contributed by atoms with Crippen molar-refractivity contribution in [3.63, 3.8) is 0 Å². The first kappa shape index (κ1) is 22.4. The first-order valence-electron chi connectivity index (χ1n) is 12.3. The quantitative estimate of drug-likeness (QED) is 0.564. The largest absolute Gasteiger partial charge is 0.368 e. The zero-order chi connectivity index (χ0) is 23.5. The highest BCUT2D eigenvalue weighted by atomic mass is 16.2. The molecule has 0 saturated carbocycles. The molecule has 2 aliphatic heterocycles. The number of carbonyl (C=O) groups is 1. The Morgan fingerprint density at radius 1 is 0.882 bits per heavy atom. The van der Waals surface area contributed by atoms with E-state index in [0.717, 1.165) is 67.9 Å². The van der Waals surface area contributed by atoms with Gasteiger partial charge in [0.25, 0.3) is 0 Å². The molecule has 0 N–H and O–H groups in total. The van der Waals surface area contributed by atoms with Crippen LogP contribution in [-0.2, 0) is 11.2 Å². The number of rotatable bonds is 6. The van der Waals surface area contributed by atoms with Gasteiger partial charge in [-0.3, -0.25) is 4.79 Å². The van der Waals surface area contributed by atoms with Crippen LogP contribution in [0.3, 0.4) is 0 Å². The molecule has 2 saturated heterocycles. The standard InChI is InChI=1S/C26H33N7O/c1-20-23(10-11-26(34)32-16-14-30(15-17-32)22-8-4-3-5-9-22)21(2)33(29-20)25-18-24(27-19-28-25)31-12-6-7-13-31/h3-5,8-9,18-19H,6-7,10-17H2,1-2H3. The third-order valence-electron chi connectivity index (χ3n) is 7.07. The van der Waals surface area contributed by atoms with Crippen molar-refractivity contribution in [1.29, 1.82) is 0 Å². The number of hydrogen-bond donors (Lipinski definition) is 0. The number of nitrogens with zero attached hydrogens (tertiary/aromatic N) is 7. The molecule has 8 heteroatoms. The van der Waals surface area contributed by atoms with E-state index in [0.29, 0.717) is 12.8 Å². The maximum atomic E-state index is 13.0. The van der Waals surface area contributed by atoms with Gasteiger partial charge in [-0.2, -0.15) is 5.10 Å². The van der Waals surface area contributed by atoms with Crippen molar-refractivity contribution in [2.75, 3.05) is 49.1 Å². The second-order valence-corrected chi connectivity index (χ2v) is 9.19. The van der Waals surface area contributed by atoms with E-state index in [2.05, 4.69) is 51.0 Å². The summed E-state index contributed by atoms with van der Waals surface area (Å²) in [6.45, 7) is 9.45. The van der Waals surface area contributed by atoms with Gasteiger partial charge in [-0.05, 0) is 50.8 Å². The number of para-hydroxylation sites is 1. The zero-order valence-corrected chi connectivity index (χ0v) is 20.2. The maximum Gasteiger partial charge on any atom is 0.223 e. The molecule has 1 aromatic carbocycles. The Morgan fingerprint density at radius 3 is 2.32 bits per heavy atom. The lowest BCUT2D eigenvalue weighted by atomic mass is 10.1. The molecule has 1 amide bonds. The van der Waals surface area contributed by atoms with E-state index in [1.807, 2.05) is 28.6 Å². The van der Waals surface area contributed by atoms with E-state index in [1.165, 1.54) is 18.5 Å². The molecule has 0 bridgehead atoms. The summed E-state index contributed by atoms with van der Waals surface area (Å²) >= 11 is 0. The van der Waals surface area contributed by atoms with Crippen molar-refractivity contribution in [3.8, 4) is 5.82 Å². The average Bonchev–Trinajstić information content (AvgIpc) is 3.52. The number of hydrogen-bond acceptors (Lipinski definition) is 6. The molecule has 34 heavy (non-hydrogen) atoms. The molecule has 0 aliphatic carbocycles. The van der Waals surface area contributed by atoms with Gasteiger partial charge in [0, 0.05) is 63.1 Å². The lowest BCUT2D eigenvalue weighted by Gasteiger charge is -2.36. The zero-order valence-electron chi connectivity index (χ0n) is 20.2. The van der Waals surface area contributed by atoms with Gasteiger partial charge >= 0.3 is 0 Å². The molecule has 8 nitrogen and oxygen atoms in total. The van der Waals surface area contributed by atoms with E-state index in [1.54, 1.807) is 6.33 Å². The monoisotopic (exact) mass is 459 g/mol. The molecule has 5 rings (SSSR count). The van der Waals surface area contributed by atoms with Crippen LogP contribution in [0.2, 0.25) is 0 Å². The van der Waals surface area contributed by atoms with Crippen molar-refractivity contribution >= 4 is 17.4 Å². The van der Waals surface area contributed by atoms with Crippen LogP contribution >= 0.6 is 0 Å². The van der Waals surface area contributed by atoms with Crippen LogP contribution < -0.4 is 9.80 Å². The van der Waals surface area contributed by atoms with Crippen LogP contribution in [0.15, 0.2) is 42.7 Å². The lowest BCUT2D eigenvalue weighted by Crippen LogP contribution is -2.48. The Labute approximate surface area is 201 Å². The Morgan fingerprint density at radius 2 is 1.59 bits per heavy atom. The number of aromatic nitrogens is 4. The lowest BCUT2D eigenvalue weighted by molar-refractivity contribution is -0.131. The Balaban J connectivity index is 1.21. The Kier molecular flexibility index (Phi) is 6.47. The molecule has 3 aromatic rings. The molecule has 2 aromatic heterocycles. The van der Waals surface area contributed by atoms with Gasteiger partial charge < -0.3 is 14.7 Å². The number of amides is 1. The van der Waals surface area contributed by atoms with Crippen molar-refractivity contribution in [2.45, 2.75) is 39.5 Å². The molecule has 178 valence electrons. The van der Waals surface area contributed by atoms with Gasteiger partial charge in [-0.25, -0.2) is 14.6 Å². The summed E-state index contributed by atoms with van der Waals surface area (Å²) in [6, 6.07) is 12.4. The van der Waals surface area contributed by atoms with E-state index < -0.39 is 0 Å². The van der Waals surface area contributed by atoms with Crippen LogP contribution in [0.4, 0.5) is 11.5 Å². The fourth-order valence-corrected chi connectivity index (χ4v) is 5.07. The van der Waals surface area contributed by atoms with Crippen LogP contribution in [0, 0.1) is 13.8 Å². The second kappa shape index (κ2) is 9.83. The van der Waals surface area contributed by atoms with Gasteiger partial charge in [0.15, 0.2) is 5.82 Å². The highest BCUT2D eigenvalue weighted by Crippen LogP contribution is 2.23. The topological polar surface area (TPSA) is 70.4 Å². The number of carbonyl (C=O) groups excluding carboxylic acids is 1. The summed E-state index contributed by atoms with van der Waals surface area (Å²) in [5, 5.41) is 4.76. The van der Waals surface area contributed by atoms with Gasteiger partial charge in [-0.1, -0.05) is 18.2 Å². The number of aryl methyl sites for hydroxylation is 1. The summed E-state index contributed by atoms with van der Waals surface area (Å²) in [5.74, 6) is 1.96. The smallest absolute Gasteiger partial charge is 0.223 e. The van der Waals surface area contributed by atoms with Gasteiger partial charge in [-0.15, -0.1) is 0 Å². The highest BCUT2D eigenvalue weighted by molar-refractivity contribution is 5.77. The van der Waals surface area contributed by atoms with Crippen LogP contribution in [-0.4, -0.2) is 69.8 Å². The normalized spacial score (nSPS) is 16.4. The molecule has 0 unspecified atom stereocenters. The maximum absolute atomic E-state index is 13.0. The van der Waals surface area contributed by atoms with Crippen LogP contribution in [0.5, 0.6) is 0 Å². The van der Waals surface area contributed by atoms with E-state index in [-0.39, 0.29) is 5.91 Å². The van der Waals surface area contributed by atoms with Gasteiger partial charge in [0.1, 0.15) is 12.1 Å². The van der Waals surface area contributed by atoms with Crippen LogP contribution in [0.25, 0.3) is 5.82 Å². The summed E-state index contributed by atoms with van der Waals surface area (Å²) in [4.78, 5) is 28.5. The molecule has 2 aliphatic rings. The molecule has 0 spiro atoms. The molecular formula is C26H33N7O. The SMILES string of the molecule is Cc1nn(-c2cc(N3CCCC3)ncn2)c(C)c1CCC(=O)N1CCN(c2ccccc2)CC1. The minimum atomic E-state index is 0.220. The van der Waals surface area contributed by atoms with Crippen molar-refractivity contribution < 1.29 is 4.79 Å². The Bertz CT molecular complexity index is 1130. The second-order valence-electron chi connectivity index (χ2n) is 9.19. The predicted molar refractivity (Wildman–Crippen MR) is 134 cm³/mol. The summed E-state index contributed by atoms with van der Waals surface area (Å²) in [5.41, 5.74) is 4.37. The summed E-state index contributed by atoms with van der Waals surface area (Å²) in [7, 11) is 0. The molecule has 0 atom stereocenters. The summed E-state index contributed by atoms with van der Waals surface area (Å²) < 4.78 is 1.90. The fourth-order valence-electron chi connectivity index (χ4n) is 5.07. The van der Waals surface area contributed by atoms with E-state index in [4.69, 9.17) is 5.10 Å². The minimum absolute atomic E-state index is 0.220. The molecule has 0 radical (unpaired) electrons. The van der Waals surface area contributed by atoms with E-state index >= 15 is 0 Å². The molecule has 2 fully saturated rings. The minimum Gasteiger partial charge on any atom is -0.368 e. The average molecular weight is 460 g/mol. The number of benzene rings is 1. The van der Waals surface area contributed by atoms with Crippen molar-refractivity contribution in [2.24, 2.45) is 0 Å². The third kappa shape index (κ3) is 4.62. The third-order valence-corrected chi connectivity index (χ3v) is 7.07. The highest BCUT2D eigenvalue weighted by Gasteiger charge is 2.23. The van der Waals surface area contributed by atoms with Crippen LogP contribution in [0.1, 0.15) is 36.2 Å². The first-order chi connectivity index (χ1) is 16.6. The van der Waals surface area contributed by atoms with Gasteiger partial charge in [0.2, 0.25) is 5.91 Å². The predicted octanol–water partition coefficient (Wildman–Crippen LogP) is 3.16. The van der Waals surface area contributed by atoms with Crippen molar-refractivity contribution in [1.82, 2.24) is 24.6 Å². The summed E-state index contributed by atoms with van der Waals surface area (Å²) in [6.07, 6.45) is 5.23. The number of piperazine rings is 1. The fraction of sp³-hybridized carbons (Fsp3) is 0.462. The van der Waals surface area contributed by atoms with Crippen molar-refractivity contribution in [3.05, 3.63) is 59.7 Å². The van der Waals surface area contributed by atoms with E-state index in [9.17, 15) is 4.79 Å². The first-order valence-corrected chi connectivity index (χ1v) is 12.3. The molecule has 4 heterocycles. The number of anilines is 2. The Hall–Kier alpha value is -3.42. The molecular weight excluding hydrogens is 426 g/mol.